The van der Waals surface area contributed by atoms with Crippen molar-refractivity contribution in [3.63, 3.8) is 0 Å². The number of rotatable bonds is 10. The van der Waals surface area contributed by atoms with Crippen molar-refractivity contribution >= 4 is 29.7 Å². The summed E-state index contributed by atoms with van der Waals surface area (Å²) in [4.78, 5) is 45.4. The topological polar surface area (TPSA) is 94.5 Å². The van der Waals surface area contributed by atoms with E-state index in [2.05, 4.69) is 4.99 Å². The Labute approximate surface area is 207 Å². The summed E-state index contributed by atoms with van der Waals surface area (Å²) in [6.45, 7) is 9.69. The standard InChI is InChI=1S/C27H36N2O6/c1-8-33-25(30)17(4)15-19-13-11-12-14-20(19)23-22(26(31)34-9-2)18(5)28-21(16-29(6)7)24(23)27(32)35-10-3/h11-15,22-23H,8-10,16H2,1-7H3. The first kappa shape index (κ1) is 28.0. The molecule has 0 saturated heterocycles. The Morgan fingerprint density at radius 2 is 1.63 bits per heavy atom. The lowest BCUT2D eigenvalue weighted by Gasteiger charge is -2.33. The molecule has 190 valence electrons. The molecule has 0 N–H and O–H groups in total. The van der Waals surface area contributed by atoms with E-state index in [-0.39, 0.29) is 19.8 Å². The quantitative estimate of drug-likeness (QED) is 0.283. The molecule has 8 heteroatoms. The summed E-state index contributed by atoms with van der Waals surface area (Å²) in [5.41, 5.74) is 3.21. The first-order valence-electron chi connectivity index (χ1n) is 11.9. The lowest BCUT2D eigenvalue weighted by molar-refractivity contribution is -0.146. The molecular weight excluding hydrogens is 448 g/mol. The lowest BCUT2D eigenvalue weighted by Crippen LogP contribution is -2.38. The maximum absolute atomic E-state index is 13.3. The van der Waals surface area contributed by atoms with Crippen LogP contribution in [0, 0.1) is 5.92 Å². The highest BCUT2D eigenvalue weighted by Gasteiger charge is 2.43. The summed E-state index contributed by atoms with van der Waals surface area (Å²) in [6.07, 6.45) is 1.71. The number of likely N-dealkylation sites (N-methyl/N-ethyl adjacent to an activating group) is 1. The van der Waals surface area contributed by atoms with Gasteiger partial charge in [-0.3, -0.25) is 9.79 Å². The number of esters is 3. The molecule has 0 radical (unpaired) electrons. The summed E-state index contributed by atoms with van der Waals surface area (Å²) >= 11 is 0. The Balaban J connectivity index is 2.82. The summed E-state index contributed by atoms with van der Waals surface area (Å²) < 4.78 is 16.0. The van der Waals surface area contributed by atoms with Gasteiger partial charge >= 0.3 is 17.9 Å². The Morgan fingerprint density at radius 3 is 2.23 bits per heavy atom. The Hall–Kier alpha value is -3.26. The van der Waals surface area contributed by atoms with Gasteiger partial charge < -0.3 is 19.1 Å². The molecular formula is C27H36N2O6. The molecule has 0 spiro atoms. The second-order valence-corrected chi connectivity index (χ2v) is 8.46. The van der Waals surface area contributed by atoms with Gasteiger partial charge in [0.2, 0.25) is 0 Å². The normalized spacial score (nSPS) is 18.3. The lowest BCUT2D eigenvalue weighted by atomic mass is 9.74. The first-order chi connectivity index (χ1) is 16.7. The molecule has 1 aromatic carbocycles. The second kappa shape index (κ2) is 13.0. The Kier molecular flexibility index (Phi) is 10.4. The molecule has 2 rings (SSSR count). The van der Waals surface area contributed by atoms with Crippen LogP contribution in [0.25, 0.3) is 6.08 Å². The van der Waals surface area contributed by atoms with Crippen LogP contribution in [0.15, 0.2) is 46.1 Å². The maximum Gasteiger partial charge on any atom is 0.336 e. The van der Waals surface area contributed by atoms with Crippen molar-refractivity contribution in [2.24, 2.45) is 10.9 Å². The highest BCUT2D eigenvalue weighted by Crippen LogP contribution is 2.42. The zero-order valence-electron chi connectivity index (χ0n) is 21.7. The summed E-state index contributed by atoms with van der Waals surface area (Å²) in [5.74, 6) is -2.95. The number of aliphatic imine (C=N–C) groups is 1. The number of nitrogens with zero attached hydrogens (tertiary/aromatic N) is 2. The van der Waals surface area contributed by atoms with Gasteiger partial charge in [-0.25, -0.2) is 9.59 Å². The number of carbonyl (C=O) groups is 3. The Morgan fingerprint density at radius 1 is 1.00 bits per heavy atom. The van der Waals surface area contributed by atoms with E-state index in [0.717, 1.165) is 0 Å². The number of benzene rings is 1. The molecule has 0 fully saturated rings. The minimum Gasteiger partial charge on any atom is -0.465 e. The van der Waals surface area contributed by atoms with E-state index in [4.69, 9.17) is 14.2 Å². The van der Waals surface area contributed by atoms with Gasteiger partial charge in [-0.2, -0.15) is 0 Å². The van der Waals surface area contributed by atoms with Gasteiger partial charge in [-0.15, -0.1) is 0 Å². The number of ether oxygens (including phenoxy) is 3. The van der Waals surface area contributed by atoms with Crippen LogP contribution in [0.2, 0.25) is 0 Å². The van der Waals surface area contributed by atoms with E-state index in [1.54, 1.807) is 40.7 Å². The number of hydrogen-bond acceptors (Lipinski definition) is 8. The van der Waals surface area contributed by atoms with Crippen LogP contribution in [0.5, 0.6) is 0 Å². The molecule has 1 aromatic rings. The average molecular weight is 485 g/mol. The van der Waals surface area contributed by atoms with Crippen LogP contribution < -0.4 is 0 Å². The third-order valence-electron chi connectivity index (χ3n) is 5.52. The Bertz CT molecular complexity index is 1040. The third kappa shape index (κ3) is 6.88. The van der Waals surface area contributed by atoms with E-state index < -0.39 is 29.7 Å². The van der Waals surface area contributed by atoms with Crippen molar-refractivity contribution in [1.29, 1.82) is 0 Å². The fraction of sp³-hybridized carbons (Fsp3) is 0.481. The predicted molar refractivity (Wildman–Crippen MR) is 135 cm³/mol. The molecule has 2 unspecified atom stereocenters. The minimum absolute atomic E-state index is 0.181. The van der Waals surface area contributed by atoms with Crippen LogP contribution in [0.3, 0.4) is 0 Å². The maximum atomic E-state index is 13.3. The summed E-state index contributed by atoms with van der Waals surface area (Å²) in [5, 5.41) is 0. The predicted octanol–water partition coefficient (Wildman–Crippen LogP) is 3.77. The van der Waals surface area contributed by atoms with Crippen LogP contribution in [-0.2, 0) is 28.6 Å². The zero-order valence-corrected chi connectivity index (χ0v) is 21.7. The molecule has 1 aliphatic heterocycles. The fourth-order valence-electron chi connectivity index (χ4n) is 4.14. The molecule has 0 aromatic heterocycles. The first-order valence-corrected chi connectivity index (χ1v) is 11.9. The monoisotopic (exact) mass is 484 g/mol. The highest BCUT2D eigenvalue weighted by atomic mass is 16.5. The molecule has 8 nitrogen and oxygen atoms in total. The molecule has 0 saturated carbocycles. The van der Waals surface area contributed by atoms with Crippen molar-refractivity contribution in [2.75, 3.05) is 40.5 Å². The SMILES string of the molecule is CCOC(=O)C(C)=Cc1ccccc1C1C(C(=O)OCC)=C(CN(C)C)N=C(C)C1C(=O)OCC. The highest BCUT2D eigenvalue weighted by molar-refractivity contribution is 6.07. The van der Waals surface area contributed by atoms with Gasteiger partial charge in [0.05, 0.1) is 31.1 Å². The average Bonchev–Trinajstić information content (AvgIpc) is 2.79. The smallest absolute Gasteiger partial charge is 0.336 e. The largest absolute Gasteiger partial charge is 0.465 e. The number of carbonyl (C=O) groups excluding carboxylic acids is 3. The second-order valence-electron chi connectivity index (χ2n) is 8.46. The van der Waals surface area contributed by atoms with Gasteiger partial charge in [-0.05, 0) is 65.9 Å². The van der Waals surface area contributed by atoms with E-state index >= 15 is 0 Å². The van der Waals surface area contributed by atoms with Crippen LogP contribution in [-0.4, -0.2) is 69.0 Å². The van der Waals surface area contributed by atoms with Gasteiger partial charge in [-0.1, -0.05) is 24.3 Å². The number of hydrogen-bond donors (Lipinski definition) is 0. The van der Waals surface area contributed by atoms with Gasteiger partial charge in [0.15, 0.2) is 0 Å². The molecule has 0 bridgehead atoms. The van der Waals surface area contributed by atoms with Crippen LogP contribution in [0.4, 0.5) is 0 Å². The molecule has 35 heavy (non-hydrogen) atoms. The summed E-state index contributed by atoms with van der Waals surface area (Å²) in [6, 6.07) is 7.37. The fourth-order valence-corrected chi connectivity index (χ4v) is 4.14. The summed E-state index contributed by atoms with van der Waals surface area (Å²) in [7, 11) is 3.76. The van der Waals surface area contributed by atoms with Crippen molar-refractivity contribution < 1.29 is 28.6 Å². The van der Waals surface area contributed by atoms with Gasteiger partial charge in [0.25, 0.3) is 0 Å². The molecule has 0 aliphatic carbocycles. The van der Waals surface area contributed by atoms with Crippen molar-refractivity contribution in [1.82, 2.24) is 4.90 Å². The van der Waals surface area contributed by atoms with Gasteiger partial charge in [0.1, 0.15) is 5.92 Å². The van der Waals surface area contributed by atoms with E-state index in [0.29, 0.717) is 40.2 Å². The molecule has 0 amide bonds. The van der Waals surface area contributed by atoms with Crippen LogP contribution in [0.1, 0.15) is 51.7 Å². The van der Waals surface area contributed by atoms with Crippen molar-refractivity contribution in [3.05, 3.63) is 52.2 Å². The molecule has 1 aliphatic rings. The van der Waals surface area contributed by atoms with Gasteiger partial charge in [0, 0.05) is 23.7 Å². The van der Waals surface area contributed by atoms with E-state index in [1.807, 2.05) is 43.3 Å². The zero-order chi connectivity index (χ0) is 26.1. The third-order valence-corrected chi connectivity index (χ3v) is 5.52. The van der Waals surface area contributed by atoms with E-state index in [9.17, 15) is 14.4 Å². The van der Waals surface area contributed by atoms with E-state index in [1.165, 1.54) is 0 Å². The van der Waals surface area contributed by atoms with Crippen molar-refractivity contribution in [3.8, 4) is 0 Å². The molecule has 2 atom stereocenters. The molecule has 1 heterocycles. The van der Waals surface area contributed by atoms with Crippen LogP contribution >= 0.6 is 0 Å². The van der Waals surface area contributed by atoms with Crippen molar-refractivity contribution in [2.45, 2.75) is 40.5 Å². The minimum atomic E-state index is -0.822.